The molecule has 1 unspecified atom stereocenters. The van der Waals surface area contributed by atoms with Crippen molar-refractivity contribution in [3.05, 3.63) is 53.3 Å². The largest absolute Gasteiger partial charge is 0.444 e. The van der Waals surface area contributed by atoms with Crippen LogP contribution < -0.4 is 4.31 Å². The fraction of sp³-hybridized carbons (Fsp3) is 0.478. The van der Waals surface area contributed by atoms with Crippen LogP contribution in [0, 0.1) is 0 Å². The Morgan fingerprint density at radius 2 is 1.94 bits per heavy atom. The lowest BCUT2D eigenvalue weighted by molar-refractivity contribution is 0.000561. The summed E-state index contributed by atoms with van der Waals surface area (Å²) in [6.45, 7) is 11.0. The molecule has 168 valence electrons. The average Bonchev–Trinajstić information content (AvgIpc) is 2.69. The summed E-state index contributed by atoms with van der Waals surface area (Å²) in [6.07, 6.45) is 1.55. The number of hydrogen-bond donors (Lipinski definition) is 0. The van der Waals surface area contributed by atoms with Crippen molar-refractivity contribution in [2.24, 2.45) is 0 Å². The zero-order valence-corrected chi connectivity index (χ0v) is 20.4. The molecule has 1 aliphatic rings. The number of amides is 1. The van der Waals surface area contributed by atoms with Crippen molar-refractivity contribution < 1.29 is 9.53 Å². The monoisotopic (exact) mass is 462 g/mol. The highest BCUT2D eigenvalue weighted by Gasteiger charge is 2.30. The van der Waals surface area contributed by atoms with Gasteiger partial charge in [-0.2, -0.15) is 0 Å². The van der Waals surface area contributed by atoms with Crippen LogP contribution in [0.5, 0.6) is 0 Å². The van der Waals surface area contributed by atoms with Crippen LogP contribution >= 0.6 is 23.5 Å². The van der Waals surface area contributed by atoms with Crippen LogP contribution in [0.1, 0.15) is 33.3 Å². The lowest BCUT2D eigenvalue weighted by Crippen LogP contribution is -2.54. The SMILES string of the molecule is CC1CN(Cc2ccc(N(C)Sc3ccc(Cl)nc3)cc2)CCN1C(=O)OC(C)(C)C. The number of benzene rings is 1. The average molecular weight is 463 g/mol. The van der Waals surface area contributed by atoms with Gasteiger partial charge in [0.05, 0.1) is 0 Å². The third kappa shape index (κ3) is 7.02. The molecular formula is C23H31ClN4O2S. The summed E-state index contributed by atoms with van der Waals surface area (Å²) in [6, 6.07) is 12.5. The molecule has 1 aromatic heterocycles. The minimum Gasteiger partial charge on any atom is -0.444 e. The molecule has 1 aliphatic heterocycles. The summed E-state index contributed by atoms with van der Waals surface area (Å²) in [5.74, 6) is 0. The molecule has 1 amide bonds. The molecule has 0 saturated carbocycles. The lowest BCUT2D eigenvalue weighted by Gasteiger charge is -2.40. The van der Waals surface area contributed by atoms with E-state index < -0.39 is 5.60 Å². The molecule has 1 atom stereocenters. The Balaban J connectivity index is 1.52. The van der Waals surface area contributed by atoms with Gasteiger partial charge in [-0.05, 0) is 69.5 Å². The number of pyridine rings is 1. The second kappa shape index (κ2) is 10.1. The van der Waals surface area contributed by atoms with E-state index in [2.05, 4.69) is 45.4 Å². The zero-order chi connectivity index (χ0) is 22.6. The number of aromatic nitrogens is 1. The standard InChI is InChI=1S/C23H31ClN4O2S/c1-17-15-27(12-13-28(17)22(29)30-23(2,3)4)16-18-6-8-19(9-7-18)26(5)31-20-10-11-21(24)25-14-20/h6-11,14,17H,12-13,15-16H2,1-5H3. The molecule has 0 aliphatic carbocycles. The maximum atomic E-state index is 12.4. The number of piperazine rings is 1. The minimum absolute atomic E-state index is 0.124. The smallest absolute Gasteiger partial charge is 0.410 e. The molecule has 0 radical (unpaired) electrons. The van der Waals surface area contributed by atoms with Gasteiger partial charge in [-0.1, -0.05) is 23.7 Å². The Bertz CT molecular complexity index is 871. The normalized spacial score (nSPS) is 17.5. The lowest BCUT2D eigenvalue weighted by atomic mass is 10.1. The van der Waals surface area contributed by atoms with E-state index in [1.54, 1.807) is 24.2 Å². The van der Waals surface area contributed by atoms with Crippen LogP contribution in [0.2, 0.25) is 5.15 Å². The summed E-state index contributed by atoms with van der Waals surface area (Å²) < 4.78 is 7.64. The van der Waals surface area contributed by atoms with Gasteiger partial charge in [0.2, 0.25) is 0 Å². The predicted octanol–water partition coefficient (Wildman–Crippen LogP) is 5.32. The van der Waals surface area contributed by atoms with Crippen LogP contribution in [-0.4, -0.2) is 59.2 Å². The first-order valence-electron chi connectivity index (χ1n) is 10.4. The summed E-state index contributed by atoms with van der Waals surface area (Å²) in [5.41, 5.74) is 1.91. The molecule has 1 saturated heterocycles. The molecule has 3 rings (SSSR count). The van der Waals surface area contributed by atoms with E-state index in [9.17, 15) is 4.79 Å². The second-order valence-electron chi connectivity index (χ2n) is 8.83. The second-order valence-corrected chi connectivity index (χ2v) is 10.4. The van der Waals surface area contributed by atoms with Gasteiger partial charge in [0, 0.05) is 56.0 Å². The van der Waals surface area contributed by atoms with Gasteiger partial charge >= 0.3 is 6.09 Å². The number of rotatable bonds is 5. The highest BCUT2D eigenvalue weighted by atomic mass is 35.5. The quantitative estimate of drug-likeness (QED) is 0.442. The molecule has 1 fully saturated rings. The van der Waals surface area contributed by atoms with E-state index in [4.69, 9.17) is 16.3 Å². The van der Waals surface area contributed by atoms with E-state index in [0.29, 0.717) is 11.7 Å². The van der Waals surface area contributed by atoms with Gasteiger partial charge in [-0.25, -0.2) is 9.78 Å². The van der Waals surface area contributed by atoms with Crippen molar-refractivity contribution in [2.45, 2.75) is 50.8 Å². The van der Waals surface area contributed by atoms with Crippen LogP contribution in [0.15, 0.2) is 47.5 Å². The van der Waals surface area contributed by atoms with Crippen molar-refractivity contribution in [2.75, 3.05) is 31.0 Å². The fourth-order valence-electron chi connectivity index (χ4n) is 3.47. The molecule has 0 bridgehead atoms. The Hall–Kier alpha value is -1.96. The van der Waals surface area contributed by atoms with Crippen LogP contribution in [0.4, 0.5) is 10.5 Å². The molecule has 31 heavy (non-hydrogen) atoms. The van der Waals surface area contributed by atoms with Gasteiger partial charge < -0.3 is 13.9 Å². The van der Waals surface area contributed by atoms with Crippen molar-refractivity contribution >= 4 is 35.3 Å². The Labute approximate surface area is 194 Å². The molecule has 2 heterocycles. The maximum Gasteiger partial charge on any atom is 0.410 e. The maximum absolute atomic E-state index is 12.4. The third-order valence-corrected chi connectivity index (χ3v) is 6.15. The van der Waals surface area contributed by atoms with Crippen LogP contribution in [0.3, 0.4) is 0 Å². The Morgan fingerprint density at radius 1 is 1.23 bits per heavy atom. The Kier molecular flexibility index (Phi) is 7.73. The fourth-order valence-corrected chi connectivity index (χ4v) is 4.35. The van der Waals surface area contributed by atoms with Gasteiger partial charge in [-0.3, -0.25) is 4.90 Å². The van der Waals surface area contributed by atoms with Crippen molar-refractivity contribution in [3.63, 3.8) is 0 Å². The number of anilines is 1. The molecule has 2 aromatic rings. The first-order chi connectivity index (χ1) is 14.6. The van der Waals surface area contributed by atoms with Crippen molar-refractivity contribution in [1.29, 1.82) is 0 Å². The molecular weight excluding hydrogens is 432 g/mol. The minimum atomic E-state index is -0.467. The number of halogens is 1. The van der Waals surface area contributed by atoms with Crippen LogP contribution in [-0.2, 0) is 11.3 Å². The number of hydrogen-bond acceptors (Lipinski definition) is 6. The number of ether oxygens (including phenoxy) is 1. The molecule has 8 heteroatoms. The van der Waals surface area contributed by atoms with Gasteiger partial charge in [0.25, 0.3) is 0 Å². The Morgan fingerprint density at radius 3 is 2.52 bits per heavy atom. The van der Waals surface area contributed by atoms with E-state index >= 15 is 0 Å². The third-order valence-electron chi connectivity index (χ3n) is 4.99. The highest BCUT2D eigenvalue weighted by molar-refractivity contribution is 8.00. The summed E-state index contributed by atoms with van der Waals surface area (Å²) in [4.78, 5) is 21.8. The van der Waals surface area contributed by atoms with Gasteiger partial charge in [0.15, 0.2) is 0 Å². The summed E-state index contributed by atoms with van der Waals surface area (Å²) in [7, 11) is 2.03. The summed E-state index contributed by atoms with van der Waals surface area (Å²) in [5, 5.41) is 0.498. The van der Waals surface area contributed by atoms with E-state index in [1.165, 1.54) is 5.56 Å². The van der Waals surface area contributed by atoms with Crippen LogP contribution in [0.25, 0.3) is 0 Å². The summed E-state index contributed by atoms with van der Waals surface area (Å²) >= 11 is 7.46. The van der Waals surface area contributed by atoms with Gasteiger partial charge in [0.1, 0.15) is 10.8 Å². The topological polar surface area (TPSA) is 48.9 Å². The zero-order valence-electron chi connectivity index (χ0n) is 18.8. The van der Waals surface area contributed by atoms with Crippen molar-refractivity contribution in [3.8, 4) is 0 Å². The molecule has 1 aromatic carbocycles. The predicted molar refractivity (Wildman–Crippen MR) is 128 cm³/mol. The number of carbonyl (C=O) groups is 1. The number of carbonyl (C=O) groups excluding carboxylic acids is 1. The molecule has 0 spiro atoms. The van der Waals surface area contributed by atoms with E-state index in [-0.39, 0.29) is 12.1 Å². The van der Waals surface area contributed by atoms with Gasteiger partial charge in [-0.15, -0.1) is 0 Å². The first kappa shape index (κ1) is 23.7. The van der Waals surface area contributed by atoms with E-state index in [1.807, 2.05) is 38.8 Å². The molecule has 0 N–H and O–H groups in total. The number of nitrogens with zero attached hydrogens (tertiary/aromatic N) is 4. The van der Waals surface area contributed by atoms with Crippen molar-refractivity contribution in [1.82, 2.24) is 14.8 Å². The van der Waals surface area contributed by atoms with E-state index in [0.717, 1.165) is 30.2 Å². The highest BCUT2D eigenvalue weighted by Crippen LogP contribution is 2.28. The first-order valence-corrected chi connectivity index (χ1v) is 11.6. The molecule has 6 nitrogen and oxygen atoms in total.